The van der Waals surface area contributed by atoms with Crippen molar-refractivity contribution in [2.75, 3.05) is 0 Å². The highest BCUT2D eigenvalue weighted by Gasteiger charge is 2.41. The van der Waals surface area contributed by atoms with E-state index in [-0.39, 0.29) is 0 Å². The van der Waals surface area contributed by atoms with Crippen LogP contribution in [0.4, 0.5) is 0 Å². The molecule has 0 spiro atoms. The lowest BCUT2D eigenvalue weighted by atomic mass is 9.62. The lowest BCUT2D eigenvalue weighted by Gasteiger charge is -2.48. The van der Waals surface area contributed by atoms with Crippen LogP contribution >= 0.6 is 0 Å². The van der Waals surface area contributed by atoms with Gasteiger partial charge in [0.15, 0.2) is 0 Å². The average Bonchev–Trinajstić information content (AvgIpc) is 1.70. The summed E-state index contributed by atoms with van der Waals surface area (Å²) in [6.07, 6.45) is 4.32. The van der Waals surface area contributed by atoms with Gasteiger partial charge in [0, 0.05) is 8.07 Å². The first kappa shape index (κ1) is 13.3. The van der Waals surface area contributed by atoms with Crippen molar-refractivity contribution in [1.29, 1.82) is 0 Å². The quantitative estimate of drug-likeness (QED) is 0.569. The van der Waals surface area contributed by atoms with Crippen molar-refractivity contribution in [3.8, 4) is 0 Å². The second kappa shape index (κ2) is 3.91. The lowest BCUT2D eigenvalue weighted by Crippen LogP contribution is -2.39. The van der Waals surface area contributed by atoms with Crippen LogP contribution in [0.15, 0.2) is 0 Å². The highest BCUT2D eigenvalue weighted by molar-refractivity contribution is 6.76. The second-order valence-corrected chi connectivity index (χ2v) is 13.9. The molecule has 0 aromatic heterocycles. The van der Waals surface area contributed by atoms with E-state index in [2.05, 4.69) is 47.3 Å². The predicted molar refractivity (Wildman–Crippen MR) is 73.1 cm³/mol. The fraction of sp³-hybridized carbons (Fsp3) is 1.00. The minimum atomic E-state index is -0.909. The maximum Gasteiger partial charge on any atom is 0.0448 e. The van der Waals surface area contributed by atoms with Crippen molar-refractivity contribution in [3.05, 3.63) is 0 Å². The summed E-state index contributed by atoms with van der Waals surface area (Å²) in [6, 6.07) is 1.51. The third kappa shape index (κ3) is 4.30. The van der Waals surface area contributed by atoms with Crippen molar-refractivity contribution in [2.24, 2.45) is 16.7 Å². The Morgan fingerprint density at radius 3 is 2.00 bits per heavy atom. The largest absolute Gasteiger partial charge is 0.0695 e. The van der Waals surface area contributed by atoms with Crippen LogP contribution in [0, 0.1) is 16.7 Å². The van der Waals surface area contributed by atoms with Crippen molar-refractivity contribution >= 4 is 8.07 Å². The van der Waals surface area contributed by atoms with Gasteiger partial charge in [0.05, 0.1) is 0 Å². The normalized spacial score (nSPS) is 36.6. The molecular weight excluding hydrogens is 196 g/mol. The fourth-order valence-corrected chi connectivity index (χ4v) is 7.40. The van der Waals surface area contributed by atoms with Gasteiger partial charge < -0.3 is 0 Å². The van der Waals surface area contributed by atoms with Crippen molar-refractivity contribution < 1.29 is 0 Å². The molecule has 0 saturated heterocycles. The van der Waals surface area contributed by atoms with Crippen LogP contribution in [0.1, 0.15) is 47.0 Å². The molecule has 0 N–H and O–H groups in total. The number of rotatable bonds is 2. The van der Waals surface area contributed by atoms with E-state index in [9.17, 15) is 0 Å². The molecule has 1 aliphatic rings. The van der Waals surface area contributed by atoms with E-state index >= 15 is 0 Å². The molecule has 90 valence electrons. The summed E-state index contributed by atoms with van der Waals surface area (Å²) >= 11 is 0. The summed E-state index contributed by atoms with van der Waals surface area (Å²) in [5.74, 6) is 0.926. The summed E-state index contributed by atoms with van der Waals surface area (Å²) in [6.45, 7) is 17.5. The Morgan fingerprint density at radius 2 is 1.60 bits per heavy atom. The summed E-state index contributed by atoms with van der Waals surface area (Å²) < 4.78 is 0. The Labute approximate surface area is 97.9 Å². The number of hydrogen-bond acceptors (Lipinski definition) is 0. The molecule has 15 heavy (non-hydrogen) atoms. The smallest absolute Gasteiger partial charge is 0.0448 e. The second-order valence-electron chi connectivity index (χ2n) is 8.40. The molecule has 0 amide bonds. The zero-order valence-electron chi connectivity index (χ0n) is 11.9. The van der Waals surface area contributed by atoms with Gasteiger partial charge in [-0.3, -0.25) is 0 Å². The molecule has 1 fully saturated rings. The zero-order chi connectivity index (χ0) is 11.9. The third-order valence-electron chi connectivity index (χ3n) is 3.60. The minimum absolute atomic E-state index is 0.575. The van der Waals surface area contributed by atoms with E-state index in [0.717, 1.165) is 5.92 Å². The van der Waals surface area contributed by atoms with E-state index in [1.54, 1.807) is 0 Å². The Hall–Kier alpha value is 0.217. The minimum Gasteiger partial charge on any atom is -0.0695 e. The van der Waals surface area contributed by atoms with Gasteiger partial charge in [-0.25, -0.2) is 0 Å². The molecule has 0 radical (unpaired) electrons. The molecule has 0 aliphatic heterocycles. The molecule has 0 aromatic carbocycles. The molecule has 1 aliphatic carbocycles. The molecule has 1 saturated carbocycles. The van der Waals surface area contributed by atoms with Gasteiger partial charge in [-0.15, -0.1) is 0 Å². The van der Waals surface area contributed by atoms with Gasteiger partial charge in [0.25, 0.3) is 0 Å². The first-order valence-electron chi connectivity index (χ1n) is 6.52. The zero-order valence-corrected chi connectivity index (χ0v) is 12.9. The topological polar surface area (TPSA) is 0 Å². The molecule has 2 unspecified atom stereocenters. The molecule has 0 aromatic rings. The molecule has 2 atom stereocenters. The van der Waals surface area contributed by atoms with Crippen LogP contribution < -0.4 is 0 Å². The summed E-state index contributed by atoms with van der Waals surface area (Å²) in [5, 5.41) is 0. The van der Waals surface area contributed by atoms with E-state index in [1.807, 2.05) is 0 Å². The fourth-order valence-electron chi connectivity index (χ4n) is 4.57. The lowest BCUT2D eigenvalue weighted by molar-refractivity contribution is 0.0744. The molecule has 0 bridgehead atoms. The van der Waals surface area contributed by atoms with Gasteiger partial charge >= 0.3 is 0 Å². The molecule has 0 heterocycles. The average molecular weight is 226 g/mol. The summed E-state index contributed by atoms with van der Waals surface area (Å²) in [4.78, 5) is 0. The van der Waals surface area contributed by atoms with E-state index in [4.69, 9.17) is 0 Å². The maximum absolute atomic E-state index is 2.54. The molecule has 0 nitrogen and oxygen atoms in total. The molecular formula is C14H30Si. The van der Waals surface area contributed by atoms with Gasteiger partial charge in [-0.05, 0) is 36.0 Å². The van der Waals surface area contributed by atoms with Crippen LogP contribution in [0.5, 0.6) is 0 Å². The van der Waals surface area contributed by atoms with Gasteiger partial charge in [0.1, 0.15) is 0 Å². The Bertz CT molecular complexity index is 220. The third-order valence-corrected chi connectivity index (χ3v) is 5.52. The first-order chi connectivity index (χ1) is 6.52. The SMILES string of the molecule is CC1CC(C)(C)CC(C)(C[Si](C)(C)C)C1. The maximum atomic E-state index is 2.54. The van der Waals surface area contributed by atoms with Crippen LogP contribution in [0.25, 0.3) is 0 Å². The Morgan fingerprint density at radius 1 is 1.07 bits per heavy atom. The van der Waals surface area contributed by atoms with Gasteiger partial charge in [-0.1, -0.05) is 53.4 Å². The Balaban J connectivity index is 2.75. The van der Waals surface area contributed by atoms with Crippen molar-refractivity contribution in [2.45, 2.75) is 72.6 Å². The van der Waals surface area contributed by atoms with E-state index in [1.165, 1.54) is 25.3 Å². The predicted octanol–water partition coefficient (Wildman–Crippen LogP) is 5.18. The van der Waals surface area contributed by atoms with E-state index < -0.39 is 8.07 Å². The van der Waals surface area contributed by atoms with Gasteiger partial charge in [0.2, 0.25) is 0 Å². The molecule has 1 heteroatoms. The molecule has 1 rings (SSSR count). The summed E-state index contributed by atoms with van der Waals surface area (Å²) in [5.41, 5.74) is 1.21. The number of hydrogen-bond donors (Lipinski definition) is 0. The standard InChI is InChI=1S/C14H30Si/c1-12-8-13(2,3)10-14(4,9-12)11-15(5,6)7/h12H,8-11H2,1-7H3. The highest BCUT2D eigenvalue weighted by Crippen LogP contribution is 2.51. The van der Waals surface area contributed by atoms with Crippen LogP contribution in [0.3, 0.4) is 0 Å². The first-order valence-corrected chi connectivity index (χ1v) is 10.2. The Kier molecular flexibility index (Phi) is 3.46. The van der Waals surface area contributed by atoms with Crippen molar-refractivity contribution in [3.63, 3.8) is 0 Å². The van der Waals surface area contributed by atoms with Crippen molar-refractivity contribution in [1.82, 2.24) is 0 Å². The highest BCUT2D eigenvalue weighted by atomic mass is 28.3. The van der Waals surface area contributed by atoms with Crippen LogP contribution in [-0.2, 0) is 0 Å². The van der Waals surface area contributed by atoms with Gasteiger partial charge in [-0.2, -0.15) is 0 Å². The van der Waals surface area contributed by atoms with Crippen LogP contribution in [-0.4, -0.2) is 8.07 Å². The van der Waals surface area contributed by atoms with E-state index in [0.29, 0.717) is 10.8 Å². The summed E-state index contributed by atoms with van der Waals surface area (Å²) in [7, 11) is -0.909. The monoisotopic (exact) mass is 226 g/mol. The van der Waals surface area contributed by atoms with Crippen LogP contribution in [0.2, 0.25) is 25.7 Å².